The maximum absolute atomic E-state index is 11.4. The summed E-state index contributed by atoms with van der Waals surface area (Å²) in [6.07, 6.45) is 1.02. The maximum atomic E-state index is 11.4. The van der Waals surface area contributed by atoms with Gasteiger partial charge in [0.2, 0.25) is 5.91 Å². The van der Waals surface area contributed by atoms with Gasteiger partial charge in [0.15, 0.2) is 0 Å². The molecule has 0 aliphatic heterocycles. The zero-order valence-corrected chi connectivity index (χ0v) is 11.8. The van der Waals surface area contributed by atoms with Gasteiger partial charge in [0, 0.05) is 13.7 Å². The van der Waals surface area contributed by atoms with Crippen molar-refractivity contribution in [2.75, 3.05) is 33.4 Å². The first kappa shape index (κ1) is 15.7. The molecule has 0 fully saturated rings. The molecule has 1 atom stereocenters. The molecule has 0 saturated carbocycles. The number of carbonyl (C=O) groups excluding carboxylic acids is 1. The first-order valence-electron chi connectivity index (χ1n) is 6.75. The molecular weight excluding hydrogens is 240 g/mol. The topological polar surface area (TPSA) is 50.4 Å². The Morgan fingerprint density at radius 2 is 2.00 bits per heavy atom. The van der Waals surface area contributed by atoms with Gasteiger partial charge in [-0.1, -0.05) is 37.3 Å². The molecular formula is C15H24N2O2. The highest BCUT2D eigenvalue weighted by Crippen LogP contribution is 2.17. The Bertz CT molecular complexity index is 354. The summed E-state index contributed by atoms with van der Waals surface area (Å²) in [5.41, 5.74) is 1.34. The third-order valence-corrected chi connectivity index (χ3v) is 3.04. The second-order valence-corrected chi connectivity index (χ2v) is 4.62. The Labute approximate surface area is 115 Å². The molecule has 0 aliphatic carbocycles. The van der Waals surface area contributed by atoms with Gasteiger partial charge in [-0.05, 0) is 24.4 Å². The van der Waals surface area contributed by atoms with Crippen molar-refractivity contribution < 1.29 is 9.53 Å². The number of amides is 1. The summed E-state index contributed by atoms with van der Waals surface area (Å²) in [5.74, 6) is 0.523. The van der Waals surface area contributed by atoms with E-state index in [1.54, 1.807) is 7.11 Å². The second kappa shape index (κ2) is 9.53. The lowest BCUT2D eigenvalue weighted by molar-refractivity contribution is -0.120. The zero-order valence-electron chi connectivity index (χ0n) is 11.8. The summed E-state index contributed by atoms with van der Waals surface area (Å²) in [6, 6.07) is 10.4. The minimum Gasteiger partial charge on any atom is -0.383 e. The van der Waals surface area contributed by atoms with Crippen LogP contribution in [0.1, 0.15) is 24.8 Å². The van der Waals surface area contributed by atoms with Gasteiger partial charge in [-0.2, -0.15) is 0 Å². The predicted molar refractivity (Wildman–Crippen MR) is 77.2 cm³/mol. The molecule has 106 valence electrons. The van der Waals surface area contributed by atoms with E-state index in [1.807, 2.05) is 6.07 Å². The number of carbonyl (C=O) groups is 1. The summed E-state index contributed by atoms with van der Waals surface area (Å²) in [6.45, 7) is 4.53. The fourth-order valence-corrected chi connectivity index (χ4v) is 1.82. The standard InChI is InChI=1S/C15H24N2O2/c1-13(14-6-4-3-5-7-14)8-9-16-12-15(18)17-10-11-19-2/h3-7,13,16H,8-12H2,1-2H3,(H,17,18). The van der Waals surface area contributed by atoms with Crippen LogP contribution in [0, 0.1) is 0 Å². The summed E-state index contributed by atoms with van der Waals surface area (Å²) in [7, 11) is 1.62. The zero-order chi connectivity index (χ0) is 13.9. The van der Waals surface area contributed by atoms with Crippen LogP contribution in [0.3, 0.4) is 0 Å². The number of rotatable bonds is 9. The van der Waals surface area contributed by atoms with E-state index in [4.69, 9.17) is 4.74 Å². The van der Waals surface area contributed by atoms with Gasteiger partial charge >= 0.3 is 0 Å². The summed E-state index contributed by atoms with van der Waals surface area (Å²) >= 11 is 0. The summed E-state index contributed by atoms with van der Waals surface area (Å²) in [5, 5.41) is 5.94. The Morgan fingerprint density at radius 1 is 1.26 bits per heavy atom. The highest BCUT2D eigenvalue weighted by Gasteiger charge is 2.05. The molecule has 0 radical (unpaired) electrons. The third kappa shape index (κ3) is 6.94. The van der Waals surface area contributed by atoms with E-state index in [0.717, 1.165) is 13.0 Å². The molecule has 0 bridgehead atoms. The van der Waals surface area contributed by atoms with E-state index in [1.165, 1.54) is 5.56 Å². The van der Waals surface area contributed by atoms with E-state index in [-0.39, 0.29) is 5.91 Å². The van der Waals surface area contributed by atoms with E-state index in [9.17, 15) is 4.79 Å². The highest BCUT2D eigenvalue weighted by molar-refractivity contribution is 5.77. The monoisotopic (exact) mass is 264 g/mol. The van der Waals surface area contributed by atoms with Crippen molar-refractivity contribution in [3.8, 4) is 0 Å². The van der Waals surface area contributed by atoms with E-state index in [0.29, 0.717) is 25.6 Å². The lowest BCUT2D eigenvalue weighted by Crippen LogP contribution is -2.36. The van der Waals surface area contributed by atoms with Crippen molar-refractivity contribution in [2.45, 2.75) is 19.3 Å². The van der Waals surface area contributed by atoms with Crippen LogP contribution < -0.4 is 10.6 Å². The SMILES string of the molecule is COCCNC(=O)CNCCC(C)c1ccccc1. The van der Waals surface area contributed by atoms with Gasteiger partial charge in [-0.15, -0.1) is 0 Å². The Hall–Kier alpha value is -1.39. The van der Waals surface area contributed by atoms with Crippen molar-refractivity contribution >= 4 is 5.91 Å². The van der Waals surface area contributed by atoms with Crippen molar-refractivity contribution in [1.29, 1.82) is 0 Å². The second-order valence-electron chi connectivity index (χ2n) is 4.62. The molecule has 19 heavy (non-hydrogen) atoms. The minimum atomic E-state index is 0.0180. The van der Waals surface area contributed by atoms with E-state index >= 15 is 0 Å². The average molecular weight is 264 g/mol. The van der Waals surface area contributed by atoms with Crippen LogP contribution in [0.25, 0.3) is 0 Å². The van der Waals surface area contributed by atoms with Crippen LogP contribution in [-0.2, 0) is 9.53 Å². The number of nitrogens with one attached hydrogen (secondary N) is 2. The normalized spacial score (nSPS) is 12.1. The van der Waals surface area contributed by atoms with Crippen LogP contribution in [0.4, 0.5) is 0 Å². The van der Waals surface area contributed by atoms with Crippen molar-refractivity contribution in [3.05, 3.63) is 35.9 Å². The molecule has 1 aromatic rings. The Morgan fingerprint density at radius 3 is 2.68 bits per heavy atom. The van der Waals surface area contributed by atoms with Crippen molar-refractivity contribution in [2.24, 2.45) is 0 Å². The molecule has 0 aromatic heterocycles. The highest BCUT2D eigenvalue weighted by atomic mass is 16.5. The molecule has 1 unspecified atom stereocenters. The number of ether oxygens (including phenoxy) is 1. The molecule has 0 aliphatic rings. The number of benzene rings is 1. The minimum absolute atomic E-state index is 0.0180. The summed E-state index contributed by atoms with van der Waals surface area (Å²) < 4.78 is 4.86. The lowest BCUT2D eigenvalue weighted by Gasteiger charge is -2.12. The number of hydrogen-bond acceptors (Lipinski definition) is 3. The van der Waals surface area contributed by atoms with Crippen LogP contribution >= 0.6 is 0 Å². The predicted octanol–water partition coefficient (Wildman–Crippen LogP) is 1.53. The van der Waals surface area contributed by atoms with Gasteiger partial charge in [-0.3, -0.25) is 4.79 Å². The fraction of sp³-hybridized carbons (Fsp3) is 0.533. The van der Waals surface area contributed by atoms with Crippen molar-refractivity contribution in [1.82, 2.24) is 10.6 Å². The van der Waals surface area contributed by atoms with Crippen LogP contribution in [0.15, 0.2) is 30.3 Å². The quantitative estimate of drug-likeness (QED) is 0.665. The molecule has 4 heteroatoms. The molecule has 0 spiro atoms. The maximum Gasteiger partial charge on any atom is 0.234 e. The first-order valence-corrected chi connectivity index (χ1v) is 6.75. The Balaban J connectivity index is 2.09. The van der Waals surface area contributed by atoms with Crippen LogP contribution in [-0.4, -0.2) is 39.3 Å². The summed E-state index contributed by atoms with van der Waals surface area (Å²) in [4.78, 5) is 11.4. The molecule has 2 N–H and O–H groups in total. The van der Waals surface area contributed by atoms with Gasteiger partial charge in [-0.25, -0.2) is 0 Å². The van der Waals surface area contributed by atoms with E-state index in [2.05, 4.69) is 41.8 Å². The Kier molecular flexibility index (Phi) is 7.86. The molecule has 0 saturated heterocycles. The number of methoxy groups -OCH3 is 1. The fourth-order valence-electron chi connectivity index (χ4n) is 1.82. The molecule has 0 heterocycles. The van der Waals surface area contributed by atoms with Gasteiger partial charge in [0.05, 0.1) is 13.2 Å². The smallest absolute Gasteiger partial charge is 0.234 e. The van der Waals surface area contributed by atoms with Crippen molar-refractivity contribution in [3.63, 3.8) is 0 Å². The van der Waals surface area contributed by atoms with Gasteiger partial charge in [0.25, 0.3) is 0 Å². The molecule has 1 amide bonds. The third-order valence-electron chi connectivity index (χ3n) is 3.04. The molecule has 1 rings (SSSR count). The van der Waals surface area contributed by atoms with Crippen LogP contribution in [0.2, 0.25) is 0 Å². The lowest BCUT2D eigenvalue weighted by atomic mass is 9.98. The average Bonchev–Trinajstić information content (AvgIpc) is 2.44. The van der Waals surface area contributed by atoms with Crippen LogP contribution in [0.5, 0.6) is 0 Å². The largest absolute Gasteiger partial charge is 0.383 e. The number of hydrogen-bond donors (Lipinski definition) is 2. The molecule has 4 nitrogen and oxygen atoms in total. The van der Waals surface area contributed by atoms with E-state index < -0.39 is 0 Å². The van der Waals surface area contributed by atoms with Gasteiger partial charge < -0.3 is 15.4 Å². The van der Waals surface area contributed by atoms with Gasteiger partial charge in [0.1, 0.15) is 0 Å². The first-order chi connectivity index (χ1) is 9.24. The molecule has 1 aromatic carbocycles.